The van der Waals surface area contributed by atoms with Crippen molar-refractivity contribution >= 4 is 0 Å². The lowest BCUT2D eigenvalue weighted by Gasteiger charge is -2.38. The zero-order valence-corrected chi connectivity index (χ0v) is 11.4. The topological polar surface area (TPSA) is 24.5 Å². The number of rotatable bonds is 6. The third-order valence-electron chi connectivity index (χ3n) is 4.01. The molecule has 1 aliphatic heterocycles. The van der Waals surface area contributed by atoms with E-state index in [1.54, 1.807) is 7.11 Å². The second kappa shape index (κ2) is 6.41. The number of methoxy groups -OCH3 is 1. The van der Waals surface area contributed by atoms with Crippen molar-refractivity contribution in [2.24, 2.45) is 5.92 Å². The highest BCUT2D eigenvalue weighted by atomic mass is 19.4. The first-order valence-electron chi connectivity index (χ1n) is 7.03. The molecule has 1 saturated heterocycles. The van der Waals surface area contributed by atoms with E-state index in [4.69, 9.17) is 4.74 Å². The summed E-state index contributed by atoms with van der Waals surface area (Å²) in [5.41, 5.74) is 0. The maximum Gasteiger partial charge on any atom is 0.393 e. The van der Waals surface area contributed by atoms with Gasteiger partial charge in [0.1, 0.15) is 0 Å². The first-order chi connectivity index (χ1) is 9.00. The predicted octanol–water partition coefficient (Wildman–Crippen LogP) is 2.03. The first-order valence-corrected chi connectivity index (χ1v) is 7.03. The maximum atomic E-state index is 12.8. The van der Waals surface area contributed by atoms with Gasteiger partial charge in [0.05, 0.1) is 12.5 Å². The number of ether oxygens (including phenoxy) is 1. The van der Waals surface area contributed by atoms with Gasteiger partial charge in [-0.15, -0.1) is 0 Å². The van der Waals surface area contributed by atoms with E-state index >= 15 is 0 Å². The van der Waals surface area contributed by atoms with E-state index in [0.29, 0.717) is 19.1 Å². The molecule has 1 heterocycles. The molecule has 0 aromatic rings. The fraction of sp³-hybridized carbons (Fsp3) is 1.00. The molecule has 1 N–H and O–H groups in total. The van der Waals surface area contributed by atoms with Crippen LogP contribution in [0, 0.1) is 5.92 Å². The van der Waals surface area contributed by atoms with E-state index < -0.39 is 12.1 Å². The Morgan fingerprint density at radius 1 is 1.32 bits per heavy atom. The van der Waals surface area contributed by atoms with Crippen LogP contribution in [0.25, 0.3) is 0 Å². The smallest absolute Gasteiger partial charge is 0.383 e. The number of alkyl halides is 3. The summed E-state index contributed by atoms with van der Waals surface area (Å²) in [5, 5.41) is 3.39. The Labute approximate surface area is 112 Å². The van der Waals surface area contributed by atoms with Crippen LogP contribution in [0.2, 0.25) is 0 Å². The van der Waals surface area contributed by atoms with Crippen molar-refractivity contribution in [3.05, 3.63) is 0 Å². The average Bonchev–Trinajstić information content (AvgIpc) is 3.17. The van der Waals surface area contributed by atoms with Crippen LogP contribution in [-0.2, 0) is 4.74 Å². The molecule has 2 atom stereocenters. The van der Waals surface area contributed by atoms with Crippen LogP contribution in [-0.4, -0.2) is 56.5 Å². The van der Waals surface area contributed by atoms with E-state index in [2.05, 4.69) is 5.32 Å². The molecule has 0 amide bonds. The number of halogens is 3. The van der Waals surface area contributed by atoms with Crippen LogP contribution >= 0.6 is 0 Å². The molecule has 3 nitrogen and oxygen atoms in total. The third-order valence-corrected chi connectivity index (χ3v) is 4.01. The molecular weight excluding hydrogens is 257 g/mol. The number of hydrogen-bond donors (Lipinski definition) is 1. The Kier molecular flexibility index (Phi) is 5.09. The van der Waals surface area contributed by atoms with Gasteiger partial charge in [-0.2, -0.15) is 13.2 Å². The largest absolute Gasteiger partial charge is 0.393 e. The minimum Gasteiger partial charge on any atom is -0.383 e. The molecule has 1 saturated carbocycles. The highest BCUT2D eigenvalue weighted by molar-refractivity contribution is 4.87. The van der Waals surface area contributed by atoms with Crippen LogP contribution in [0.3, 0.4) is 0 Å². The SMILES string of the molecule is COCC(CNC1CC1)N1CCCC(C(F)(F)F)C1. The normalized spacial score (nSPS) is 27.5. The summed E-state index contributed by atoms with van der Waals surface area (Å²) in [4.78, 5) is 1.94. The molecular formula is C13H23F3N2O. The highest BCUT2D eigenvalue weighted by Gasteiger charge is 2.42. The Hall–Kier alpha value is -0.330. The molecule has 6 heteroatoms. The Balaban J connectivity index is 1.87. The van der Waals surface area contributed by atoms with Crippen molar-refractivity contribution in [3.63, 3.8) is 0 Å². The van der Waals surface area contributed by atoms with Gasteiger partial charge < -0.3 is 10.1 Å². The van der Waals surface area contributed by atoms with E-state index in [1.807, 2.05) is 4.90 Å². The van der Waals surface area contributed by atoms with Gasteiger partial charge in [0.15, 0.2) is 0 Å². The van der Waals surface area contributed by atoms with Crippen molar-refractivity contribution in [2.45, 2.75) is 43.9 Å². The summed E-state index contributed by atoms with van der Waals surface area (Å²) >= 11 is 0. The molecule has 0 aromatic heterocycles. The van der Waals surface area contributed by atoms with Crippen molar-refractivity contribution in [1.82, 2.24) is 10.2 Å². The number of nitrogens with one attached hydrogen (secondary N) is 1. The molecule has 19 heavy (non-hydrogen) atoms. The van der Waals surface area contributed by atoms with E-state index in [1.165, 1.54) is 12.8 Å². The minimum atomic E-state index is -4.07. The number of likely N-dealkylation sites (tertiary alicyclic amines) is 1. The zero-order chi connectivity index (χ0) is 13.9. The molecule has 2 unspecified atom stereocenters. The maximum absolute atomic E-state index is 12.8. The number of piperidine rings is 1. The second-order valence-electron chi connectivity index (χ2n) is 5.67. The molecule has 2 fully saturated rings. The lowest BCUT2D eigenvalue weighted by molar-refractivity contribution is -0.189. The van der Waals surface area contributed by atoms with Crippen molar-refractivity contribution in [1.29, 1.82) is 0 Å². The number of nitrogens with zero attached hydrogens (tertiary/aromatic N) is 1. The van der Waals surface area contributed by atoms with Gasteiger partial charge in [-0.1, -0.05) is 0 Å². The second-order valence-corrected chi connectivity index (χ2v) is 5.67. The summed E-state index contributed by atoms with van der Waals surface area (Å²) in [6.45, 7) is 2.07. The van der Waals surface area contributed by atoms with Gasteiger partial charge in [0.2, 0.25) is 0 Å². The van der Waals surface area contributed by atoms with Gasteiger partial charge in [0, 0.05) is 32.3 Å². The van der Waals surface area contributed by atoms with Crippen molar-refractivity contribution in [2.75, 3.05) is 33.4 Å². The van der Waals surface area contributed by atoms with Gasteiger partial charge in [0.25, 0.3) is 0 Å². The van der Waals surface area contributed by atoms with Crippen LogP contribution in [0.1, 0.15) is 25.7 Å². The summed E-state index contributed by atoms with van der Waals surface area (Å²) in [5.74, 6) is -1.18. The molecule has 1 aliphatic carbocycles. The van der Waals surface area contributed by atoms with Crippen LogP contribution < -0.4 is 5.32 Å². The van der Waals surface area contributed by atoms with Crippen LogP contribution in [0.5, 0.6) is 0 Å². The lowest BCUT2D eigenvalue weighted by atomic mass is 9.96. The van der Waals surface area contributed by atoms with Crippen LogP contribution in [0.15, 0.2) is 0 Å². The average molecular weight is 280 g/mol. The van der Waals surface area contributed by atoms with E-state index in [0.717, 1.165) is 13.1 Å². The van der Waals surface area contributed by atoms with Crippen molar-refractivity contribution in [3.8, 4) is 0 Å². The highest BCUT2D eigenvalue weighted by Crippen LogP contribution is 2.33. The van der Waals surface area contributed by atoms with Crippen molar-refractivity contribution < 1.29 is 17.9 Å². The molecule has 112 valence electrons. The summed E-state index contributed by atoms with van der Waals surface area (Å²) in [6.07, 6.45) is -0.820. The summed E-state index contributed by atoms with van der Waals surface area (Å²) in [7, 11) is 1.61. The fourth-order valence-corrected chi connectivity index (χ4v) is 2.68. The summed E-state index contributed by atoms with van der Waals surface area (Å²) in [6, 6.07) is 0.623. The Morgan fingerprint density at radius 3 is 2.63 bits per heavy atom. The van der Waals surface area contributed by atoms with Gasteiger partial charge in [-0.25, -0.2) is 0 Å². The standard InChI is InChI=1S/C13H23F3N2O/c1-19-9-12(7-17-11-4-5-11)18-6-2-3-10(8-18)13(14,15)16/h10-12,17H,2-9H2,1H3. The van der Waals surface area contributed by atoms with E-state index in [-0.39, 0.29) is 19.0 Å². The first kappa shape index (κ1) is 15.1. The molecule has 0 spiro atoms. The lowest BCUT2D eigenvalue weighted by Crippen LogP contribution is -2.51. The Bertz CT molecular complexity index is 282. The van der Waals surface area contributed by atoms with Gasteiger partial charge in [-0.05, 0) is 32.2 Å². The van der Waals surface area contributed by atoms with Gasteiger partial charge >= 0.3 is 6.18 Å². The zero-order valence-electron chi connectivity index (χ0n) is 11.4. The molecule has 0 bridgehead atoms. The summed E-state index contributed by atoms with van der Waals surface area (Å²) < 4.78 is 43.6. The predicted molar refractivity (Wildman–Crippen MR) is 67.0 cm³/mol. The molecule has 0 radical (unpaired) electrons. The fourth-order valence-electron chi connectivity index (χ4n) is 2.68. The number of hydrogen-bond acceptors (Lipinski definition) is 3. The molecule has 2 aliphatic rings. The molecule has 0 aromatic carbocycles. The molecule has 2 rings (SSSR count). The quantitative estimate of drug-likeness (QED) is 0.805. The van der Waals surface area contributed by atoms with Gasteiger partial charge in [-0.3, -0.25) is 4.90 Å². The Morgan fingerprint density at radius 2 is 2.05 bits per heavy atom. The minimum absolute atomic E-state index is 0.0516. The van der Waals surface area contributed by atoms with Crippen LogP contribution in [0.4, 0.5) is 13.2 Å². The van der Waals surface area contributed by atoms with E-state index in [9.17, 15) is 13.2 Å². The third kappa shape index (κ3) is 4.61. The monoisotopic (exact) mass is 280 g/mol.